The van der Waals surface area contributed by atoms with Crippen LogP contribution in [0, 0.1) is 0 Å². The van der Waals surface area contributed by atoms with Gasteiger partial charge in [-0.1, -0.05) is 24.3 Å². The van der Waals surface area contributed by atoms with Crippen molar-refractivity contribution in [3.63, 3.8) is 0 Å². The quantitative estimate of drug-likeness (QED) is 0.0497. The second-order valence-corrected chi connectivity index (χ2v) is 18.4. The van der Waals surface area contributed by atoms with E-state index in [1.807, 2.05) is 0 Å². The van der Waals surface area contributed by atoms with E-state index < -0.39 is 60.1 Å². The molecule has 6 aromatic carbocycles. The van der Waals surface area contributed by atoms with E-state index in [4.69, 9.17) is 11.6 Å². The summed E-state index contributed by atoms with van der Waals surface area (Å²) in [5.74, 6) is 0.0605. The molecule has 0 saturated carbocycles. The third kappa shape index (κ3) is 9.97. The van der Waals surface area contributed by atoms with Gasteiger partial charge in [-0.15, -0.1) is 0 Å². The molecule has 0 fully saturated rings. The van der Waals surface area contributed by atoms with Crippen molar-refractivity contribution in [1.29, 1.82) is 0 Å². The van der Waals surface area contributed by atoms with Crippen LogP contribution in [0.15, 0.2) is 149 Å². The lowest BCUT2D eigenvalue weighted by Gasteiger charge is -2.09. The first-order valence-corrected chi connectivity index (χ1v) is 22.8. The number of nitrogens with one attached hydrogen (secondary N) is 2. The monoisotopic (exact) mass is 925 g/mol. The Hall–Kier alpha value is -6.42. The van der Waals surface area contributed by atoms with E-state index in [1.54, 1.807) is 24.3 Å². The van der Waals surface area contributed by atoms with Crippen LogP contribution >= 0.6 is 11.6 Å². The van der Waals surface area contributed by atoms with E-state index >= 15 is 0 Å². The van der Waals surface area contributed by atoms with Gasteiger partial charge in [0.1, 0.15) is 19.6 Å². The Kier molecular flexibility index (Phi) is 11.3. The number of hydrogen-bond acceptors (Lipinski definition) is 17. The Morgan fingerprint density at radius 3 is 1.10 bits per heavy atom. The van der Waals surface area contributed by atoms with E-state index in [9.17, 15) is 51.9 Å². The Balaban J connectivity index is 1.05. The van der Waals surface area contributed by atoms with E-state index in [0.29, 0.717) is 11.4 Å². The zero-order valence-corrected chi connectivity index (χ0v) is 34.1. The molecule has 0 amide bonds. The second kappa shape index (κ2) is 16.2. The number of azo groups is 2. The Morgan fingerprint density at radius 1 is 0.410 bits per heavy atom. The molecule has 0 aliphatic heterocycles. The predicted octanol–water partition coefficient (Wildman–Crippen LogP) is 8.14. The standard InChI is InChI=1S/C35H24ClN9O12S4/c36-33-39-34(37-19-7-11-21(12-8-19)42-44-23-15-27-25(31(17-23)60(52,53)54)3-1-5-29(27)58(46,47)48)41-35(40-33)38-20-9-13-22(14-10-20)43-45-24-16-28-26(32(18-24)61(55,56)57)4-2-6-30(28)59(49,50)51/h1-18H,(H,46,47,48)(H,49,50,51)(H,52,53,54)(H,55,56,57)(H2,37,38,39,40,41). The minimum absolute atomic E-state index is 0.0302. The molecule has 6 N–H and O–H groups in total. The number of nitrogens with zero attached hydrogens (tertiary/aromatic N) is 7. The molecule has 0 spiro atoms. The van der Waals surface area contributed by atoms with Gasteiger partial charge in [-0.25, -0.2) is 0 Å². The fourth-order valence-electron chi connectivity index (χ4n) is 5.78. The molecule has 0 radical (unpaired) electrons. The molecule has 7 rings (SSSR count). The van der Waals surface area contributed by atoms with Crippen molar-refractivity contribution in [2.45, 2.75) is 19.6 Å². The van der Waals surface area contributed by atoms with Gasteiger partial charge < -0.3 is 10.6 Å². The molecule has 312 valence electrons. The van der Waals surface area contributed by atoms with Gasteiger partial charge in [0.2, 0.25) is 17.2 Å². The van der Waals surface area contributed by atoms with Crippen molar-refractivity contribution >= 4 is 120 Å². The fourth-order valence-corrected chi connectivity index (χ4v) is 8.79. The highest BCUT2D eigenvalue weighted by atomic mass is 35.5. The summed E-state index contributed by atoms with van der Waals surface area (Å²) in [7, 11) is -19.2. The molecule has 7 aromatic rings. The smallest absolute Gasteiger partial charge is 0.295 e. The van der Waals surface area contributed by atoms with Crippen LogP contribution in [0.4, 0.5) is 46.0 Å². The first kappa shape index (κ1) is 42.7. The molecule has 1 aromatic heterocycles. The van der Waals surface area contributed by atoms with Crippen molar-refractivity contribution in [1.82, 2.24) is 15.0 Å². The van der Waals surface area contributed by atoms with Gasteiger partial charge in [0.15, 0.2) is 0 Å². The normalized spacial score (nSPS) is 12.7. The molecule has 0 aliphatic carbocycles. The third-order valence-electron chi connectivity index (χ3n) is 8.33. The predicted molar refractivity (Wildman–Crippen MR) is 220 cm³/mol. The lowest BCUT2D eigenvalue weighted by Crippen LogP contribution is -2.03. The molecule has 26 heteroatoms. The van der Waals surface area contributed by atoms with Crippen LogP contribution < -0.4 is 10.6 Å². The van der Waals surface area contributed by atoms with Crippen LogP contribution in [-0.2, 0) is 40.5 Å². The third-order valence-corrected chi connectivity index (χ3v) is 12.1. The first-order chi connectivity index (χ1) is 28.6. The first-order valence-electron chi connectivity index (χ1n) is 16.6. The number of aromatic nitrogens is 3. The summed E-state index contributed by atoms with van der Waals surface area (Å²) < 4.78 is 135. The Labute approximate surface area is 349 Å². The molecule has 61 heavy (non-hydrogen) atoms. The minimum atomic E-state index is -4.85. The molecule has 0 bridgehead atoms. The molecule has 0 aliphatic rings. The Morgan fingerprint density at radius 2 is 0.754 bits per heavy atom. The molecule has 0 atom stereocenters. The molecule has 0 unspecified atom stereocenters. The summed E-state index contributed by atoms with van der Waals surface area (Å²) in [6.45, 7) is 0. The highest BCUT2D eigenvalue weighted by Crippen LogP contribution is 2.36. The number of halogens is 1. The lowest BCUT2D eigenvalue weighted by molar-refractivity contribution is 0.481. The van der Waals surface area contributed by atoms with Crippen LogP contribution in [0.3, 0.4) is 0 Å². The summed E-state index contributed by atoms with van der Waals surface area (Å²) in [6.07, 6.45) is 0. The maximum Gasteiger partial charge on any atom is 0.295 e. The van der Waals surface area contributed by atoms with Crippen LogP contribution in [0.25, 0.3) is 21.5 Å². The summed E-state index contributed by atoms with van der Waals surface area (Å²) in [5.41, 5.74) is 1.18. The molecular weight excluding hydrogens is 902 g/mol. The summed E-state index contributed by atoms with van der Waals surface area (Å²) in [5, 5.41) is 21.1. The molecule has 1 heterocycles. The van der Waals surface area contributed by atoms with Gasteiger partial charge in [-0.05, 0) is 96.5 Å². The maximum absolute atomic E-state index is 12.1. The van der Waals surface area contributed by atoms with Crippen LogP contribution in [0.1, 0.15) is 0 Å². The van der Waals surface area contributed by atoms with Gasteiger partial charge in [-0.2, -0.15) is 69.1 Å². The number of rotatable bonds is 12. The zero-order chi connectivity index (χ0) is 43.9. The summed E-state index contributed by atoms with van der Waals surface area (Å²) >= 11 is 6.15. The van der Waals surface area contributed by atoms with E-state index in [0.717, 1.165) is 24.3 Å². The summed E-state index contributed by atoms with van der Waals surface area (Å²) in [4.78, 5) is 9.95. The molecule has 21 nitrogen and oxygen atoms in total. The largest absolute Gasteiger partial charge is 0.324 e. The number of benzene rings is 6. The molecule has 0 saturated heterocycles. The van der Waals surface area contributed by atoms with Crippen molar-refractivity contribution < 1.29 is 51.9 Å². The van der Waals surface area contributed by atoms with E-state index in [-0.39, 0.29) is 61.5 Å². The minimum Gasteiger partial charge on any atom is -0.324 e. The highest BCUT2D eigenvalue weighted by molar-refractivity contribution is 7.87. The average Bonchev–Trinajstić information content (AvgIpc) is 3.17. The van der Waals surface area contributed by atoms with Gasteiger partial charge >= 0.3 is 0 Å². The van der Waals surface area contributed by atoms with Crippen LogP contribution in [0.2, 0.25) is 5.28 Å². The number of fused-ring (bicyclic) bond motifs is 2. The zero-order valence-electron chi connectivity index (χ0n) is 30.1. The second-order valence-electron chi connectivity index (χ2n) is 12.5. The fraction of sp³-hybridized carbons (Fsp3) is 0. The highest BCUT2D eigenvalue weighted by Gasteiger charge is 2.23. The molecular formula is C35H24ClN9O12S4. The van der Waals surface area contributed by atoms with E-state index in [2.05, 4.69) is 46.0 Å². The number of anilines is 4. The van der Waals surface area contributed by atoms with Crippen molar-refractivity contribution in [2.24, 2.45) is 20.5 Å². The van der Waals surface area contributed by atoms with Gasteiger partial charge in [0.05, 0.1) is 22.7 Å². The number of hydrogen-bond donors (Lipinski definition) is 6. The van der Waals surface area contributed by atoms with Crippen LogP contribution in [-0.4, -0.2) is 66.8 Å². The van der Waals surface area contributed by atoms with Crippen molar-refractivity contribution in [3.05, 3.63) is 114 Å². The van der Waals surface area contributed by atoms with Gasteiger partial charge in [0.25, 0.3) is 40.5 Å². The summed E-state index contributed by atoms with van der Waals surface area (Å²) in [6, 6.07) is 23.8. The van der Waals surface area contributed by atoms with E-state index in [1.165, 1.54) is 60.7 Å². The topological polar surface area (TPSA) is 330 Å². The SMILES string of the molecule is O=S(=O)(O)c1cc(N=Nc2ccc(Nc3nc(Cl)nc(Nc4ccc(N=Nc5cc(S(=O)(=O)O)c6cccc(S(=O)(=O)O)c6c5)cc4)n3)cc2)cc2c(S(=O)(=O)O)cccc12. The lowest BCUT2D eigenvalue weighted by atomic mass is 10.1. The van der Waals surface area contributed by atoms with Crippen LogP contribution in [0.5, 0.6) is 0 Å². The van der Waals surface area contributed by atoms with Crippen molar-refractivity contribution in [2.75, 3.05) is 10.6 Å². The maximum atomic E-state index is 12.1. The van der Waals surface area contributed by atoms with Gasteiger partial charge in [-0.3, -0.25) is 18.2 Å². The van der Waals surface area contributed by atoms with Gasteiger partial charge in [0, 0.05) is 32.9 Å². The Bertz CT molecular complexity index is 3210. The van der Waals surface area contributed by atoms with Crippen molar-refractivity contribution in [3.8, 4) is 0 Å². The average molecular weight is 926 g/mol.